The molecule has 5 aromatic heterocycles. The molecule has 0 amide bonds. The molecule has 5 heterocycles. The molecule has 0 N–H and O–H groups in total. The van der Waals surface area contributed by atoms with Gasteiger partial charge >= 0.3 is 0 Å². The van der Waals surface area contributed by atoms with Crippen molar-refractivity contribution in [3.05, 3.63) is 176 Å². The first kappa shape index (κ1) is 32.3. The minimum atomic E-state index is 0.697. The Morgan fingerprint density at radius 1 is 0.589 bits per heavy atom. The summed E-state index contributed by atoms with van der Waals surface area (Å²) in [5, 5.41) is 7.00. The van der Waals surface area contributed by atoms with Crippen LogP contribution in [0.1, 0.15) is 18.2 Å². The average molecular weight is 736 g/mol. The zero-order valence-corrected chi connectivity index (χ0v) is 31.3. The van der Waals surface area contributed by atoms with Crippen LogP contribution in [-0.4, -0.2) is 24.1 Å². The maximum absolute atomic E-state index is 5.17. The van der Waals surface area contributed by atoms with Crippen LogP contribution in [0.3, 0.4) is 0 Å². The van der Waals surface area contributed by atoms with Gasteiger partial charge in [-0.1, -0.05) is 104 Å². The molecule has 11 rings (SSSR count). The van der Waals surface area contributed by atoms with E-state index >= 15 is 0 Å². The highest BCUT2D eigenvalue weighted by Gasteiger charge is 2.28. The van der Waals surface area contributed by atoms with Gasteiger partial charge in [0.1, 0.15) is 4.83 Å². The minimum absolute atomic E-state index is 0.697. The van der Waals surface area contributed by atoms with Gasteiger partial charge in [-0.2, -0.15) is 0 Å². The molecule has 0 bridgehead atoms. The smallest absolute Gasteiger partial charge is 0.160 e. The third-order valence-electron chi connectivity index (χ3n) is 10.9. The highest BCUT2D eigenvalue weighted by molar-refractivity contribution is 7.26. The zero-order chi connectivity index (χ0) is 37.3. The minimum Gasteiger partial charge on any atom is -0.309 e. The number of aromatic nitrogens is 5. The molecule has 0 aliphatic heterocycles. The van der Waals surface area contributed by atoms with Crippen molar-refractivity contribution in [1.29, 1.82) is 0 Å². The molecular weight excluding hydrogens is 703 g/mol. The topological polar surface area (TPSA) is 48.5 Å². The maximum atomic E-state index is 5.17. The molecule has 5 nitrogen and oxygen atoms in total. The van der Waals surface area contributed by atoms with E-state index in [1.807, 2.05) is 30.5 Å². The van der Waals surface area contributed by atoms with Crippen molar-refractivity contribution in [2.75, 3.05) is 0 Å². The van der Waals surface area contributed by atoms with Crippen LogP contribution in [0.25, 0.3) is 110 Å². The van der Waals surface area contributed by atoms with Gasteiger partial charge in [0.2, 0.25) is 0 Å². The van der Waals surface area contributed by atoms with Gasteiger partial charge in [0.25, 0.3) is 0 Å². The number of rotatable bonds is 6. The molecule has 0 saturated carbocycles. The molecule has 0 spiro atoms. The molecule has 0 fully saturated rings. The quantitative estimate of drug-likeness (QED) is 0.171. The molecule has 0 aliphatic rings. The Labute approximate surface area is 326 Å². The van der Waals surface area contributed by atoms with Crippen LogP contribution < -0.4 is 0 Å². The fourth-order valence-corrected chi connectivity index (χ4v) is 9.75. The van der Waals surface area contributed by atoms with Crippen LogP contribution >= 0.6 is 11.3 Å². The van der Waals surface area contributed by atoms with Gasteiger partial charge in [-0.05, 0) is 73.7 Å². The monoisotopic (exact) mass is 735 g/mol. The molecule has 0 unspecified atom stereocenters. The van der Waals surface area contributed by atoms with Crippen molar-refractivity contribution >= 4 is 87.4 Å². The van der Waals surface area contributed by atoms with E-state index in [1.165, 1.54) is 20.9 Å². The van der Waals surface area contributed by atoms with Crippen molar-refractivity contribution in [2.24, 2.45) is 0 Å². The summed E-state index contributed by atoms with van der Waals surface area (Å²) in [6, 6.07) is 51.1. The third-order valence-corrected chi connectivity index (χ3v) is 12.0. The number of allylic oxidation sites excluding steroid dienone is 1. The van der Waals surface area contributed by atoms with Gasteiger partial charge in [-0.3, -0.25) is 0 Å². The number of benzene rings is 6. The van der Waals surface area contributed by atoms with Crippen molar-refractivity contribution in [3.8, 4) is 34.0 Å². The Morgan fingerprint density at radius 2 is 1.29 bits per heavy atom. The lowest BCUT2D eigenvalue weighted by Crippen LogP contribution is -1.98. The Morgan fingerprint density at radius 3 is 2.07 bits per heavy atom. The summed E-state index contributed by atoms with van der Waals surface area (Å²) in [5.74, 6) is 0.697. The Hall–Kier alpha value is -7.15. The largest absolute Gasteiger partial charge is 0.309 e. The van der Waals surface area contributed by atoms with Crippen molar-refractivity contribution in [1.82, 2.24) is 24.1 Å². The number of nitrogens with zero attached hydrogens (tertiary/aromatic N) is 5. The fraction of sp³-hybridized carbons (Fsp3) is 0.0200. The van der Waals surface area contributed by atoms with Crippen molar-refractivity contribution in [3.63, 3.8) is 0 Å². The van der Waals surface area contributed by atoms with E-state index in [9.17, 15) is 0 Å². The van der Waals surface area contributed by atoms with E-state index in [-0.39, 0.29) is 0 Å². The molecule has 6 aromatic carbocycles. The van der Waals surface area contributed by atoms with E-state index < -0.39 is 0 Å². The SMILES string of the molecule is C=Cc1c(/C=C\C)n(-c2ccccc2)c2c3sc4ncccc4c3c3c4ccccc4n(-c4ccc(-c5nc(-c6ccccc6)c6ccccc6n5)cc4)c3c12. The van der Waals surface area contributed by atoms with Gasteiger partial charge in [-0.15, -0.1) is 11.3 Å². The number of fused-ring (bicyclic) bond motifs is 11. The lowest BCUT2D eigenvalue weighted by molar-refractivity contribution is 1.11. The second-order valence-electron chi connectivity index (χ2n) is 14.0. The molecule has 11 aromatic rings. The van der Waals surface area contributed by atoms with Crippen molar-refractivity contribution in [2.45, 2.75) is 6.92 Å². The highest BCUT2D eigenvalue weighted by Crippen LogP contribution is 2.50. The summed E-state index contributed by atoms with van der Waals surface area (Å²) in [6.45, 7) is 6.51. The number of thiophene rings is 1. The Kier molecular flexibility index (Phi) is 7.34. The summed E-state index contributed by atoms with van der Waals surface area (Å²) in [7, 11) is 0. The fourth-order valence-electron chi connectivity index (χ4n) is 8.56. The van der Waals surface area contributed by atoms with Gasteiger partial charge in [0, 0.05) is 66.6 Å². The number of para-hydroxylation sites is 3. The summed E-state index contributed by atoms with van der Waals surface area (Å²) in [4.78, 5) is 16.2. The molecule has 6 heteroatoms. The molecule has 264 valence electrons. The second-order valence-corrected chi connectivity index (χ2v) is 15.0. The van der Waals surface area contributed by atoms with E-state index in [2.05, 4.69) is 162 Å². The second kappa shape index (κ2) is 12.7. The van der Waals surface area contributed by atoms with E-state index in [0.29, 0.717) is 5.82 Å². The number of pyridine rings is 1. The molecule has 56 heavy (non-hydrogen) atoms. The first-order valence-electron chi connectivity index (χ1n) is 18.8. The van der Waals surface area contributed by atoms with Crippen LogP contribution in [0.4, 0.5) is 0 Å². The molecule has 0 atom stereocenters. The summed E-state index contributed by atoms with van der Waals surface area (Å²) in [6.07, 6.45) is 8.26. The van der Waals surface area contributed by atoms with E-state index in [0.717, 1.165) is 82.5 Å². The van der Waals surface area contributed by atoms with E-state index in [1.54, 1.807) is 11.3 Å². The predicted molar refractivity (Wildman–Crippen MR) is 237 cm³/mol. The lowest BCUT2D eigenvalue weighted by Gasteiger charge is -2.13. The average Bonchev–Trinajstić information content (AvgIpc) is 3.92. The summed E-state index contributed by atoms with van der Waals surface area (Å²) in [5.41, 5.74) is 11.7. The molecule has 0 aliphatic carbocycles. The zero-order valence-electron chi connectivity index (χ0n) is 30.5. The molecular formula is C50H33N5S. The van der Waals surface area contributed by atoms with Crippen molar-refractivity contribution < 1.29 is 0 Å². The first-order valence-corrected chi connectivity index (χ1v) is 19.6. The highest BCUT2D eigenvalue weighted by atomic mass is 32.1. The van der Waals surface area contributed by atoms with Crippen LogP contribution in [0.2, 0.25) is 0 Å². The number of hydrogen-bond donors (Lipinski definition) is 0. The van der Waals surface area contributed by atoms with Crippen LogP contribution in [0.15, 0.2) is 164 Å². The van der Waals surface area contributed by atoms with Crippen LogP contribution in [0.5, 0.6) is 0 Å². The summed E-state index contributed by atoms with van der Waals surface area (Å²) < 4.78 is 6.06. The van der Waals surface area contributed by atoms with Gasteiger partial charge < -0.3 is 9.13 Å². The lowest BCUT2D eigenvalue weighted by atomic mass is 10.0. The Bertz CT molecular complexity index is 3370. The maximum Gasteiger partial charge on any atom is 0.160 e. The summed E-state index contributed by atoms with van der Waals surface area (Å²) >= 11 is 1.77. The normalized spacial score (nSPS) is 12.0. The van der Waals surface area contributed by atoms with Crippen LogP contribution in [-0.2, 0) is 0 Å². The van der Waals surface area contributed by atoms with Gasteiger partial charge in [0.05, 0.1) is 38.2 Å². The number of hydrogen-bond acceptors (Lipinski definition) is 4. The third kappa shape index (κ3) is 4.69. The molecule has 0 saturated heterocycles. The first-order chi connectivity index (χ1) is 27.7. The molecule has 0 radical (unpaired) electrons. The van der Waals surface area contributed by atoms with Gasteiger partial charge in [0.15, 0.2) is 5.82 Å². The predicted octanol–water partition coefficient (Wildman–Crippen LogP) is 13.4. The van der Waals surface area contributed by atoms with E-state index in [4.69, 9.17) is 15.0 Å². The Balaban J connectivity index is 1.25. The van der Waals surface area contributed by atoms with Gasteiger partial charge in [-0.25, -0.2) is 15.0 Å². The standard InChI is InChI=1S/C50H33N5S/c1-3-16-40-35(4-2)44-46-42(43-38-23-15-30-51-50(38)56-48(43)47(44)55(40)33-19-9-6-10-20-33)37-22-12-14-25-41(37)54(46)34-28-26-32(27-29-34)49-52-39-24-13-11-21-36(39)45(53-49)31-17-7-5-8-18-31/h3-30H,2H2,1H3/b16-3-. The van der Waals surface area contributed by atoms with Crippen LogP contribution in [0, 0.1) is 0 Å².